The first-order valence-corrected chi connectivity index (χ1v) is 9.02. The Bertz CT molecular complexity index is 696. The van der Waals surface area contributed by atoms with Crippen LogP contribution in [0.4, 0.5) is 0 Å². The van der Waals surface area contributed by atoms with E-state index in [2.05, 4.69) is 15.0 Å². The predicted molar refractivity (Wildman–Crippen MR) is 84.9 cm³/mol. The fourth-order valence-corrected chi connectivity index (χ4v) is 3.80. The van der Waals surface area contributed by atoms with Crippen LogP contribution in [0.1, 0.15) is 16.3 Å². The van der Waals surface area contributed by atoms with Gasteiger partial charge in [-0.1, -0.05) is 12.1 Å². The summed E-state index contributed by atoms with van der Waals surface area (Å²) in [5, 5.41) is 5.91. The number of aromatic nitrogens is 1. The Morgan fingerprint density at radius 3 is 2.81 bits per heavy atom. The van der Waals surface area contributed by atoms with Crippen molar-refractivity contribution in [3.05, 3.63) is 45.9 Å². The number of hydrogen-bond acceptors (Lipinski definition) is 5. The van der Waals surface area contributed by atoms with Crippen LogP contribution in [0.3, 0.4) is 0 Å². The second-order valence-electron chi connectivity index (χ2n) is 4.71. The summed E-state index contributed by atoms with van der Waals surface area (Å²) >= 11 is 1.55. The maximum absolute atomic E-state index is 12.2. The van der Waals surface area contributed by atoms with Crippen molar-refractivity contribution in [1.29, 1.82) is 0 Å². The lowest BCUT2D eigenvalue weighted by Gasteiger charge is -2.07. The van der Waals surface area contributed by atoms with E-state index in [1.807, 2.05) is 25.4 Å². The summed E-state index contributed by atoms with van der Waals surface area (Å²) in [4.78, 5) is 4.61. The Labute approximate surface area is 129 Å². The van der Waals surface area contributed by atoms with Crippen molar-refractivity contribution in [1.82, 2.24) is 15.0 Å². The van der Waals surface area contributed by atoms with Gasteiger partial charge in [-0.05, 0) is 31.7 Å². The summed E-state index contributed by atoms with van der Waals surface area (Å²) in [6.45, 7) is 2.92. The zero-order chi connectivity index (χ0) is 15.3. The van der Waals surface area contributed by atoms with Gasteiger partial charge in [-0.2, -0.15) is 0 Å². The summed E-state index contributed by atoms with van der Waals surface area (Å²) in [5.74, 6) is 0. The van der Waals surface area contributed by atoms with Crippen molar-refractivity contribution >= 4 is 21.4 Å². The molecule has 0 fully saturated rings. The van der Waals surface area contributed by atoms with Gasteiger partial charge in [0, 0.05) is 30.6 Å². The Morgan fingerprint density at radius 2 is 2.14 bits per heavy atom. The molecule has 7 heteroatoms. The van der Waals surface area contributed by atoms with E-state index in [-0.39, 0.29) is 0 Å². The molecule has 1 aromatic heterocycles. The minimum Gasteiger partial charge on any atom is -0.316 e. The van der Waals surface area contributed by atoms with Gasteiger partial charge in [0.15, 0.2) is 0 Å². The lowest BCUT2D eigenvalue weighted by atomic mass is 10.2. The van der Waals surface area contributed by atoms with Gasteiger partial charge in [-0.25, -0.2) is 18.1 Å². The van der Waals surface area contributed by atoms with Gasteiger partial charge in [0.1, 0.15) is 0 Å². The molecule has 0 aliphatic heterocycles. The molecule has 0 spiro atoms. The molecule has 0 aliphatic rings. The predicted octanol–water partition coefficient (Wildman–Crippen LogP) is 1.69. The normalized spacial score (nSPS) is 11.7. The van der Waals surface area contributed by atoms with Crippen molar-refractivity contribution in [3.8, 4) is 0 Å². The lowest BCUT2D eigenvalue weighted by Crippen LogP contribution is -2.26. The van der Waals surface area contributed by atoms with E-state index in [1.54, 1.807) is 29.5 Å². The number of nitrogens with zero attached hydrogens (tertiary/aromatic N) is 1. The maximum atomic E-state index is 12.2. The molecule has 0 radical (unpaired) electrons. The Kier molecular flexibility index (Phi) is 5.46. The molecule has 0 bridgehead atoms. The first-order valence-electron chi connectivity index (χ1n) is 6.65. The molecule has 1 aromatic carbocycles. The molecule has 5 nitrogen and oxygen atoms in total. The fraction of sp³-hybridized carbons (Fsp3) is 0.357. The maximum Gasteiger partial charge on any atom is 0.240 e. The van der Waals surface area contributed by atoms with Crippen LogP contribution in [0.25, 0.3) is 0 Å². The van der Waals surface area contributed by atoms with E-state index in [0.717, 1.165) is 16.3 Å². The Balaban J connectivity index is 1.99. The highest BCUT2D eigenvalue weighted by molar-refractivity contribution is 7.89. The number of aryl methyl sites for hydroxylation is 1. The molecule has 0 unspecified atom stereocenters. The van der Waals surface area contributed by atoms with Crippen molar-refractivity contribution in [3.63, 3.8) is 0 Å². The molecule has 2 N–H and O–H groups in total. The minimum absolute atomic E-state index is 0.297. The van der Waals surface area contributed by atoms with E-state index in [1.165, 1.54) is 0 Å². The first kappa shape index (κ1) is 16.1. The highest BCUT2D eigenvalue weighted by Gasteiger charge is 2.14. The molecule has 114 valence electrons. The van der Waals surface area contributed by atoms with Gasteiger partial charge >= 0.3 is 0 Å². The SMILES string of the molecule is CNCc1cccc(S(=O)(=O)NCCc2nc(C)cs2)c1. The van der Waals surface area contributed by atoms with Crippen LogP contribution >= 0.6 is 11.3 Å². The Morgan fingerprint density at radius 1 is 1.33 bits per heavy atom. The highest BCUT2D eigenvalue weighted by Crippen LogP contribution is 2.12. The van der Waals surface area contributed by atoms with Crippen LogP contribution in [-0.4, -0.2) is 27.0 Å². The summed E-state index contributed by atoms with van der Waals surface area (Å²) in [6, 6.07) is 6.95. The number of sulfonamides is 1. The Hall–Kier alpha value is -1.28. The van der Waals surface area contributed by atoms with Crippen LogP contribution in [0, 0.1) is 6.92 Å². The number of nitrogens with one attached hydrogen (secondary N) is 2. The second-order valence-corrected chi connectivity index (χ2v) is 7.42. The third-order valence-corrected chi connectivity index (χ3v) is 5.37. The zero-order valence-corrected chi connectivity index (χ0v) is 13.7. The van der Waals surface area contributed by atoms with Crippen LogP contribution in [0.2, 0.25) is 0 Å². The van der Waals surface area contributed by atoms with E-state index in [0.29, 0.717) is 24.4 Å². The van der Waals surface area contributed by atoms with Crippen molar-refractivity contribution in [2.24, 2.45) is 0 Å². The van der Waals surface area contributed by atoms with Gasteiger partial charge in [0.2, 0.25) is 10.0 Å². The number of hydrogen-bond donors (Lipinski definition) is 2. The van der Waals surface area contributed by atoms with E-state index < -0.39 is 10.0 Å². The molecule has 2 aromatic rings. The third kappa shape index (κ3) is 4.60. The fourth-order valence-electron chi connectivity index (χ4n) is 1.92. The van der Waals surface area contributed by atoms with Crippen molar-refractivity contribution in [2.45, 2.75) is 24.8 Å². The number of thiazole rings is 1. The van der Waals surface area contributed by atoms with Gasteiger partial charge < -0.3 is 5.32 Å². The molecule has 21 heavy (non-hydrogen) atoms. The molecule has 0 amide bonds. The molecule has 0 saturated carbocycles. The summed E-state index contributed by atoms with van der Waals surface area (Å²) in [5.41, 5.74) is 1.91. The standard InChI is InChI=1S/C14H19N3O2S2/c1-11-10-20-14(17-11)6-7-16-21(18,19)13-5-3-4-12(8-13)9-15-2/h3-5,8,10,15-16H,6-7,9H2,1-2H3. The summed E-state index contributed by atoms with van der Waals surface area (Å²) < 4.78 is 27.1. The van der Waals surface area contributed by atoms with Crippen LogP contribution in [0.5, 0.6) is 0 Å². The topological polar surface area (TPSA) is 71.1 Å². The van der Waals surface area contributed by atoms with Gasteiger partial charge in [0.25, 0.3) is 0 Å². The molecule has 0 saturated heterocycles. The average molecular weight is 325 g/mol. The van der Waals surface area contributed by atoms with Gasteiger partial charge in [-0.15, -0.1) is 11.3 Å². The first-order chi connectivity index (χ1) is 10.0. The number of rotatable bonds is 7. The van der Waals surface area contributed by atoms with Crippen molar-refractivity contribution in [2.75, 3.05) is 13.6 Å². The van der Waals surface area contributed by atoms with Crippen molar-refractivity contribution < 1.29 is 8.42 Å². The molecule has 2 rings (SSSR count). The monoisotopic (exact) mass is 325 g/mol. The highest BCUT2D eigenvalue weighted by atomic mass is 32.2. The largest absolute Gasteiger partial charge is 0.316 e. The van der Waals surface area contributed by atoms with E-state index in [9.17, 15) is 8.42 Å². The van der Waals surface area contributed by atoms with Gasteiger partial charge in [0.05, 0.1) is 9.90 Å². The van der Waals surface area contributed by atoms with Crippen LogP contribution < -0.4 is 10.0 Å². The third-order valence-electron chi connectivity index (χ3n) is 2.89. The lowest BCUT2D eigenvalue weighted by molar-refractivity contribution is 0.581. The average Bonchev–Trinajstić information content (AvgIpc) is 2.85. The number of benzene rings is 1. The van der Waals surface area contributed by atoms with E-state index >= 15 is 0 Å². The summed E-state index contributed by atoms with van der Waals surface area (Å²) in [7, 11) is -1.64. The van der Waals surface area contributed by atoms with Gasteiger partial charge in [-0.3, -0.25) is 0 Å². The second kappa shape index (κ2) is 7.13. The molecular formula is C14H19N3O2S2. The van der Waals surface area contributed by atoms with E-state index in [4.69, 9.17) is 0 Å². The van der Waals surface area contributed by atoms with Crippen LogP contribution in [0.15, 0.2) is 34.5 Å². The minimum atomic E-state index is -3.47. The van der Waals surface area contributed by atoms with Crippen LogP contribution in [-0.2, 0) is 23.0 Å². The molecular weight excluding hydrogens is 306 g/mol. The quantitative estimate of drug-likeness (QED) is 0.813. The summed E-state index contributed by atoms with van der Waals surface area (Å²) in [6.07, 6.45) is 0.605. The molecule has 0 aliphatic carbocycles. The molecule has 0 atom stereocenters. The smallest absolute Gasteiger partial charge is 0.240 e. The zero-order valence-electron chi connectivity index (χ0n) is 12.1. The molecule has 1 heterocycles.